The average molecular weight is 381 g/mol. The van der Waals surface area contributed by atoms with E-state index < -0.39 is 18.9 Å². The van der Waals surface area contributed by atoms with Crippen LogP contribution < -0.4 is 15.9 Å². The van der Waals surface area contributed by atoms with Crippen LogP contribution in [0.3, 0.4) is 0 Å². The molecule has 0 radical (unpaired) electrons. The molecule has 0 N–H and O–H groups in total. The van der Waals surface area contributed by atoms with E-state index in [-0.39, 0.29) is 10.3 Å². The molecule has 128 valence electrons. The fraction of sp³-hybridized carbons (Fsp3) is 0.0526. The molecule has 0 aliphatic heterocycles. The van der Waals surface area contributed by atoms with Crippen LogP contribution >= 0.6 is 18.7 Å². The molecule has 0 aromatic heterocycles. The predicted octanol–water partition coefficient (Wildman–Crippen LogP) is 5.00. The van der Waals surface area contributed by atoms with E-state index in [1.807, 2.05) is 0 Å². The van der Waals surface area contributed by atoms with Crippen LogP contribution in [0.1, 0.15) is 5.56 Å². The summed E-state index contributed by atoms with van der Waals surface area (Å²) >= 11 is 6.19. The van der Waals surface area contributed by atoms with Crippen molar-refractivity contribution in [3.8, 4) is 0 Å². The molecule has 1 nitrogen and oxygen atoms in total. The highest BCUT2D eigenvalue weighted by molar-refractivity contribution is 7.85. The van der Waals surface area contributed by atoms with Gasteiger partial charge in [0.25, 0.3) is 0 Å². The molecule has 0 spiro atoms. The second-order valence-corrected chi connectivity index (χ2v) is 8.58. The highest BCUT2D eigenvalue weighted by Crippen LogP contribution is 2.45. The van der Waals surface area contributed by atoms with Gasteiger partial charge in [-0.05, 0) is 18.2 Å². The van der Waals surface area contributed by atoms with Crippen molar-refractivity contribution in [2.45, 2.75) is 6.18 Å². The lowest BCUT2D eigenvalue weighted by atomic mass is 10.2. The van der Waals surface area contributed by atoms with Crippen LogP contribution in [0.25, 0.3) is 0 Å². The van der Waals surface area contributed by atoms with Crippen molar-refractivity contribution >= 4 is 34.7 Å². The summed E-state index contributed by atoms with van der Waals surface area (Å²) in [7, 11) is -3.54. The Morgan fingerprint density at radius 3 is 1.68 bits per heavy atom. The van der Waals surface area contributed by atoms with Gasteiger partial charge >= 0.3 is 6.18 Å². The van der Waals surface area contributed by atoms with Crippen molar-refractivity contribution in [2.75, 3.05) is 0 Å². The fourth-order valence-corrected chi connectivity index (χ4v) is 5.84. The quantitative estimate of drug-likeness (QED) is 0.584. The van der Waals surface area contributed by atoms with Crippen LogP contribution in [0.15, 0.2) is 78.9 Å². The third kappa shape index (κ3) is 3.37. The van der Waals surface area contributed by atoms with Gasteiger partial charge < -0.3 is 4.57 Å². The molecule has 25 heavy (non-hydrogen) atoms. The van der Waals surface area contributed by atoms with Gasteiger partial charge in [0.05, 0.1) is 10.6 Å². The van der Waals surface area contributed by atoms with Gasteiger partial charge in [0.1, 0.15) is 0 Å². The number of alkyl halides is 3. The van der Waals surface area contributed by atoms with Crippen LogP contribution in [0.2, 0.25) is 5.02 Å². The van der Waals surface area contributed by atoms with Crippen LogP contribution in [0.5, 0.6) is 0 Å². The molecule has 0 bridgehead atoms. The molecule has 0 aliphatic carbocycles. The van der Waals surface area contributed by atoms with Crippen LogP contribution in [-0.4, -0.2) is 0 Å². The molecule has 3 aromatic rings. The molecular weight excluding hydrogens is 368 g/mol. The number of halogens is 4. The van der Waals surface area contributed by atoms with Gasteiger partial charge in [0.15, 0.2) is 7.14 Å². The summed E-state index contributed by atoms with van der Waals surface area (Å²) < 4.78 is 53.5. The van der Waals surface area contributed by atoms with Gasteiger partial charge in [-0.3, -0.25) is 0 Å². The summed E-state index contributed by atoms with van der Waals surface area (Å²) in [4.78, 5) is 0. The Labute approximate surface area is 148 Å². The van der Waals surface area contributed by atoms with E-state index in [1.165, 1.54) is 0 Å². The van der Waals surface area contributed by atoms with Crippen molar-refractivity contribution in [3.63, 3.8) is 0 Å². The molecule has 0 saturated carbocycles. The minimum Gasteiger partial charge on any atom is -0.309 e. The van der Waals surface area contributed by atoms with E-state index in [1.54, 1.807) is 60.7 Å². The summed E-state index contributed by atoms with van der Waals surface area (Å²) in [5, 5.41) is 0.898. The lowest BCUT2D eigenvalue weighted by Crippen LogP contribution is -2.26. The summed E-state index contributed by atoms with van der Waals surface area (Å²) in [6.45, 7) is 0. The molecule has 3 rings (SSSR count). The van der Waals surface area contributed by atoms with Gasteiger partial charge in [-0.1, -0.05) is 72.3 Å². The topological polar surface area (TPSA) is 17.1 Å². The zero-order valence-electron chi connectivity index (χ0n) is 12.9. The lowest BCUT2D eigenvalue weighted by Gasteiger charge is -2.22. The first-order valence-electron chi connectivity index (χ1n) is 7.42. The fourth-order valence-electron chi connectivity index (χ4n) is 2.63. The zero-order chi connectivity index (χ0) is 18.1. The van der Waals surface area contributed by atoms with E-state index in [0.29, 0.717) is 10.6 Å². The molecular formula is C19H13ClF3OP. The first-order chi connectivity index (χ1) is 11.8. The summed E-state index contributed by atoms with van der Waals surface area (Å²) in [6.07, 6.45) is -4.54. The normalized spacial score (nSPS) is 12.2. The Morgan fingerprint density at radius 1 is 0.760 bits per heavy atom. The van der Waals surface area contributed by atoms with Crippen molar-refractivity contribution in [1.29, 1.82) is 0 Å². The van der Waals surface area contributed by atoms with E-state index in [4.69, 9.17) is 11.6 Å². The number of hydrogen-bond donors (Lipinski definition) is 0. The van der Waals surface area contributed by atoms with E-state index in [9.17, 15) is 17.7 Å². The standard InChI is InChI=1S/C19H13ClF3OP/c20-17-12-11-14(19(21,22)23)13-18(17)25(24,15-7-3-1-4-8-15)16-9-5-2-6-10-16/h1-13H. The Bertz CT molecular complexity index is 881. The molecule has 0 unspecified atom stereocenters. The first-order valence-corrected chi connectivity index (χ1v) is 9.50. The van der Waals surface area contributed by atoms with Gasteiger partial charge in [-0.2, -0.15) is 13.2 Å². The molecule has 0 heterocycles. The first kappa shape index (κ1) is 17.8. The third-order valence-electron chi connectivity index (χ3n) is 3.85. The van der Waals surface area contributed by atoms with Crippen LogP contribution in [-0.2, 0) is 10.7 Å². The number of rotatable bonds is 3. The molecule has 3 aromatic carbocycles. The van der Waals surface area contributed by atoms with Crippen molar-refractivity contribution in [3.05, 3.63) is 89.4 Å². The second-order valence-electron chi connectivity index (χ2n) is 5.44. The average Bonchev–Trinajstić information content (AvgIpc) is 2.62. The molecule has 0 aliphatic rings. The van der Waals surface area contributed by atoms with Gasteiger partial charge in [-0.15, -0.1) is 0 Å². The van der Waals surface area contributed by atoms with Crippen molar-refractivity contribution in [2.24, 2.45) is 0 Å². The monoisotopic (exact) mass is 380 g/mol. The van der Waals surface area contributed by atoms with E-state index in [0.717, 1.165) is 18.2 Å². The van der Waals surface area contributed by atoms with Crippen molar-refractivity contribution < 1.29 is 17.7 Å². The largest absolute Gasteiger partial charge is 0.416 e. The van der Waals surface area contributed by atoms with Gasteiger partial charge in [0.2, 0.25) is 0 Å². The Hall–Kier alpha value is -2.03. The molecule has 0 atom stereocenters. The maximum Gasteiger partial charge on any atom is 0.416 e. The Balaban J connectivity index is 2.33. The number of hydrogen-bond acceptors (Lipinski definition) is 1. The molecule has 0 fully saturated rings. The summed E-state index contributed by atoms with van der Waals surface area (Å²) in [5.41, 5.74) is -0.876. The molecule has 0 amide bonds. The highest BCUT2D eigenvalue weighted by atomic mass is 35.5. The maximum atomic E-state index is 14.1. The SMILES string of the molecule is O=P(c1ccccc1)(c1ccccc1)c1cc(C(F)(F)F)ccc1Cl. The molecule has 6 heteroatoms. The van der Waals surface area contributed by atoms with Crippen LogP contribution in [0.4, 0.5) is 13.2 Å². The minimum atomic E-state index is -4.54. The van der Waals surface area contributed by atoms with Crippen LogP contribution in [0, 0.1) is 0 Å². The minimum absolute atomic E-state index is 0.0126. The third-order valence-corrected chi connectivity index (χ3v) is 7.41. The Morgan fingerprint density at radius 2 is 1.24 bits per heavy atom. The van der Waals surface area contributed by atoms with Gasteiger partial charge in [0, 0.05) is 15.9 Å². The summed E-state index contributed by atoms with van der Waals surface area (Å²) in [6, 6.07) is 19.8. The van der Waals surface area contributed by atoms with E-state index in [2.05, 4.69) is 0 Å². The second kappa shape index (κ2) is 6.70. The van der Waals surface area contributed by atoms with E-state index >= 15 is 0 Å². The smallest absolute Gasteiger partial charge is 0.309 e. The maximum absolute atomic E-state index is 14.1. The van der Waals surface area contributed by atoms with Gasteiger partial charge in [-0.25, -0.2) is 0 Å². The Kier molecular flexibility index (Phi) is 4.77. The highest BCUT2D eigenvalue weighted by Gasteiger charge is 2.36. The summed E-state index contributed by atoms with van der Waals surface area (Å²) in [5.74, 6) is 0. The number of benzene rings is 3. The zero-order valence-corrected chi connectivity index (χ0v) is 14.5. The predicted molar refractivity (Wildman–Crippen MR) is 95.8 cm³/mol. The van der Waals surface area contributed by atoms with Crippen molar-refractivity contribution in [1.82, 2.24) is 0 Å². The lowest BCUT2D eigenvalue weighted by molar-refractivity contribution is -0.137. The molecule has 0 saturated heterocycles.